The number of ether oxygens (including phenoxy) is 1. The fourth-order valence-corrected chi connectivity index (χ4v) is 1.45. The summed E-state index contributed by atoms with van der Waals surface area (Å²) in [6.07, 6.45) is -4.01. The number of halogens is 3. The minimum atomic E-state index is -4.72. The van der Waals surface area contributed by atoms with Crippen molar-refractivity contribution in [3.63, 3.8) is 0 Å². The topological polar surface area (TPSA) is 46.5 Å². The molecule has 3 nitrogen and oxygen atoms in total. The summed E-state index contributed by atoms with van der Waals surface area (Å²) in [4.78, 5) is 10.7. The van der Waals surface area contributed by atoms with Crippen molar-refractivity contribution >= 4 is 5.97 Å². The largest absolute Gasteiger partial charge is 0.494 e. The second-order valence-electron chi connectivity index (χ2n) is 4.54. The molecule has 0 atom stereocenters. The summed E-state index contributed by atoms with van der Waals surface area (Å²) in [7, 11) is 0. The zero-order valence-electron chi connectivity index (χ0n) is 10.6. The van der Waals surface area contributed by atoms with Crippen LogP contribution >= 0.6 is 0 Å². The van der Waals surface area contributed by atoms with Gasteiger partial charge in [-0.15, -0.1) is 0 Å². The summed E-state index contributed by atoms with van der Waals surface area (Å²) in [5.41, 5.74) is -1.97. The van der Waals surface area contributed by atoms with E-state index < -0.39 is 23.3 Å². The lowest BCUT2D eigenvalue weighted by molar-refractivity contribution is -0.138. The fourth-order valence-electron chi connectivity index (χ4n) is 1.45. The van der Waals surface area contributed by atoms with Gasteiger partial charge in [0.1, 0.15) is 5.75 Å². The lowest BCUT2D eigenvalue weighted by atomic mass is 10.1. The van der Waals surface area contributed by atoms with Gasteiger partial charge in [0.25, 0.3) is 0 Å². The molecule has 6 heteroatoms. The van der Waals surface area contributed by atoms with Gasteiger partial charge in [0.2, 0.25) is 0 Å². The molecule has 0 unspecified atom stereocenters. The van der Waals surface area contributed by atoms with Gasteiger partial charge >= 0.3 is 12.1 Å². The van der Waals surface area contributed by atoms with E-state index >= 15 is 0 Å². The molecule has 1 N–H and O–H groups in total. The van der Waals surface area contributed by atoms with Crippen molar-refractivity contribution < 1.29 is 27.8 Å². The summed E-state index contributed by atoms with van der Waals surface area (Å²) in [6, 6.07) is 2.87. The predicted molar refractivity (Wildman–Crippen MR) is 63.4 cm³/mol. The molecule has 1 aromatic carbocycles. The Morgan fingerprint density at radius 3 is 2.47 bits per heavy atom. The van der Waals surface area contributed by atoms with E-state index in [1.807, 2.05) is 13.8 Å². The molecular formula is C13H15F3O3. The van der Waals surface area contributed by atoms with Crippen LogP contribution in [0.2, 0.25) is 0 Å². The number of hydrogen-bond acceptors (Lipinski definition) is 2. The molecule has 1 rings (SSSR count). The van der Waals surface area contributed by atoms with Gasteiger partial charge in [-0.05, 0) is 30.5 Å². The molecule has 0 spiro atoms. The Kier molecular flexibility index (Phi) is 4.80. The summed E-state index contributed by atoms with van der Waals surface area (Å²) in [5.74, 6) is -1.21. The number of alkyl halides is 3. The first kappa shape index (κ1) is 15.3. The molecule has 0 aliphatic carbocycles. The van der Waals surface area contributed by atoms with E-state index in [0.29, 0.717) is 18.9 Å². The molecular weight excluding hydrogens is 261 g/mol. The number of carboxylic acid groups (broad SMARTS) is 1. The zero-order chi connectivity index (χ0) is 14.6. The fraction of sp³-hybridized carbons (Fsp3) is 0.462. The molecule has 0 saturated heterocycles. The lowest BCUT2D eigenvalue weighted by Gasteiger charge is -2.13. The Balaban J connectivity index is 2.96. The van der Waals surface area contributed by atoms with Crippen molar-refractivity contribution in [1.82, 2.24) is 0 Å². The Hall–Kier alpha value is -1.72. The highest BCUT2D eigenvalue weighted by atomic mass is 19.4. The molecule has 0 aliphatic heterocycles. The monoisotopic (exact) mass is 276 g/mol. The summed E-state index contributed by atoms with van der Waals surface area (Å²) in [5, 5.41) is 8.73. The van der Waals surface area contributed by atoms with Gasteiger partial charge in [-0.1, -0.05) is 13.8 Å². The van der Waals surface area contributed by atoms with Crippen LogP contribution in [-0.2, 0) is 6.18 Å². The van der Waals surface area contributed by atoms with Gasteiger partial charge < -0.3 is 9.84 Å². The van der Waals surface area contributed by atoms with Gasteiger partial charge in [-0.3, -0.25) is 0 Å². The maximum atomic E-state index is 12.7. The highest BCUT2D eigenvalue weighted by Gasteiger charge is 2.35. The molecule has 106 valence electrons. The molecule has 19 heavy (non-hydrogen) atoms. The summed E-state index contributed by atoms with van der Waals surface area (Å²) in [6.45, 7) is 4.23. The lowest BCUT2D eigenvalue weighted by Crippen LogP contribution is -2.13. The highest BCUT2D eigenvalue weighted by Crippen LogP contribution is 2.34. The first-order chi connectivity index (χ1) is 8.71. The smallest absolute Gasteiger partial charge is 0.417 e. The Bertz CT molecular complexity index is 453. The number of carboxylic acids is 1. The molecule has 1 aromatic rings. The van der Waals surface area contributed by atoms with Crippen molar-refractivity contribution in [3.05, 3.63) is 29.3 Å². The normalized spacial score (nSPS) is 11.7. The second-order valence-corrected chi connectivity index (χ2v) is 4.54. The van der Waals surface area contributed by atoms with Crippen LogP contribution in [0.4, 0.5) is 13.2 Å². The van der Waals surface area contributed by atoms with Crippen LogP contribution < -0.4 is 4.74 Å². The van der Waals surface area contributed by atoms with Crippen molar-refractivity contribution in [2.75, 3.05) is 6.61 Å². The van der Waals surface area contributed by atoms with Gasteiger partial charge in [-0.2, -0.15) is 13.2 Å². The van der Waals surface area contributed by atoms with Crippen LogP contribution in [0.5, 0.6) is 5.75 Å². The number of benzene rings is 1. The Labute approximate surface area is 109 Å². The van der Waals surface area contributed by atoms with Crippen LogP contribution in [0.3, 0.4) is 0 Å². The predicted octanol–water partition coefficient (Wildman–Crippen LogP) is 3.83. The molecule has 0 aromatic heterocycles. The SMILES string of the molecule is CC(C)CCOc1ccc(C(=O)O)c(C(F)(F)F)c1. The minimum absolute atomic E-state index is 0.0259. The van der Waals surface area contributed by atoms with E-state index in [2.05, 4.69) is 0 Å². The van der Waals surface area contributed by atoms with Gasteiger partial charge in [0.05, 0.1) is 17.7 Å². The minimum Gasteiger partial charge on any atom is -0.494 e. The maximum absolute atomic E-state index is 12.7. The highest BCUT2D eigenvalue weighted by molar-refractivity contribution is 5.89. The van der Waals surface area contributed by atoms with Crippen molar-refractivity contribution in [3.8, 4) is 5.75 Å². The standard InChI is InChI=1S/C13H15F3O3/c1-8(2)5-6-19-9-3-4-10(12(17)18)11(7-9)13(14,15)16/h3-4,7-8H,5-6H2,1-2H3,(H,17,18). The van der Waals surface area contributed by atoms with Gasteiger partial charge in [0.15, 0.2) is 0 Å². The third-order valence-corrected chi connectivity index (χ3v) is 2.49. The molecule has 0 saturated carbocycles. The molecule has 0 radical (unpaired) electrons. The van der Waals surface area contributed by atoms with Gasteiger partial charge in [0, 0.05) is 0 Å². The average Bonchev–Trinajstić information content (AvgIpc) is 2.27. The average molecular weight is 276 g/mol. The third-order valence-electron chi connectivity index (χ3n) is 2.49. The number of aromatic carboxylic acids is 1. The number of hydrogen-bond donors (Lipinski definition) is 1. The zero-order valence-corrected chi connectivity index (χ0v) is 10.6. The Morgan fingerprint density at radius 1 is 1.37 bits per heavy atom. The van der Waals surface area contributed by atoms with E-state index in [1.54, 1.807) is 0 Å². The quantitative estimate of drug-likeness (QED) is 0.889. The van der Waals surface area contributed by atoms with E-state index in [1.165, 1.54) is 6.07 Å². The maximum Gasteiger partial charge on any atom is 0.417 e. The van der Waals surface area contributed by atoms with E-state index in [0.717, 1.165) is 12.1 Å². The van der Waals surface area contributed by atoms with Crippen molar-refractivity contribution in [2.45, 2.75) is 26.4 Å². The summed E-state index contributed by atoms with van der Waals surface area (Å²) < 4.78 is 43.4. The molecule has 0 bridgehead atoms. The Morgan fingerprint density at radius 2 is 2.00 bits per heavy atom. The summed E-state index contributed by atoms with van der Waals surface area (Å²) >= 11 is 0. The number of rotatable bonds is 5. The van der Waals surface area contributed by atoms with Crippen LogP contribution in [0.15, 0.2) is 18.2 Å². The van der Waals surface area contributed by atoms with Crippen LogP contribution in [0.1, 0.15) is 36.2 Å². The van der Waals surface area contributed by atoms with E-state index in [-0.39, 0.29) is 5.75 Å². The van der Waals surface area contributed by atoms with Crippen LogP contribution in [0, 0.1) is 5.92 Å². The molecule has 0 fully saturated rings. The van der Waals surface area contributed by atoms with E-state index in [4.69, 9.17) is 9.84 Å². The second kappa shape index (κ2) is 5.95. The molecule has 0 amide bonds. The third kappa shape index (κ3) is 4.46. The van der Waals surface area contributed by atoms with Crippen LogP contribution in [0.25, 0.3) is 0 Å². The van der Waals surface area contributed by atoms with Crippen molar-refractivity contribution in [1.29, 1.82) is 0 Å². The van der Waals surface area contributed by atoms with Gasteiger partial charge in [-0.25, -0.2) is 4.79 Å². The van der Waals surface area contributed by atoms with E-state index in [9.17, 15) is 18.0 Å². The molecule has 0 heterocycles. The van der Waals surface area contributed by atoms with Crippen molar-refractivity contribution in [2.24, 2.45) is 5.92 Å². The molecule has 0 aliphatic rings. The number of carbonyl (C=O) groups is 1. The first-order valence-electron chi connectivity index (χ1n) is 5.79. The van der Waals surface area contributed by atoms with Crippen LogP contribution in [-0.4, -0.2) is 17.7 Å². The first-order valence-corrected chi connectivity index (χ1v) is 5.79.